The van der Waals surface area contributed by atoms with Gasteiger partial charge in [-0.25, -0.2) is 9.78 Å². The number of aromatic nitrogens is 6. The van der Waals surface area contributed by atoms with Crippen molar-refractivity contribution < 1.29 is 0 Å². The maximum Gasteiger partial charge on any atom is 0.332 e. The van der Waals surface area contributed by atoms with Crippen LogP contribution >= 0.6 is 0 Å². The van der Waals surface area contributed by atoms with Gasteiger partial charge in [0.1, 0.15) is 0 Å². The predicted molar refractivity (Wildman–Crippen MR) is 84.2 cm³/mol. The Morgan fingerprint density at radius 2 is 1.70 bits per heavy atom. The van der Waals surface area contributed by atoms with Crippen LogP contribution in [0.15, 0.2) is 46.1 Å². The first-order valence-electron chi connectivity index (χ1n) is 6.95. The smallest absolute Gasteiger partial charge is 0.279 e. The molecule has 8 nitrogen and oxygen atoms in total. The molecule has 114 valence electrons. The third-order valence-electron chi connectivity index (χ3n) is 3.80. The molecular weight excluding hydrogens is 296 g/mol. The summed E-state index contributed by atoms with van der Waals surface area (Å²) in [5.74, 6) is 0.277. The van der Waals surface area contributed by atoms with Crippen LogP contribution in [0.5, 0.6) is 0 Å². The topological polar surface area (TPSA) is 87.1 Å². The van der Waals surface area contributed by atoms with Gasteiger partial charge in [-0.05, 0) is 0 Å². The fourth-order valence-corrected chi connectivity index (χ4v) is 2.55. The largest absolute Gasteiger partial charge is 0.332 e. The summed E-state index contributed by atoms with van der Waals surface area (Å²) in [6, 6.07) is 9.56. The molecular formula is C15H12N6O2. The Hall–Kier alpha value is -3.29. The molecule has 0 atom stereocenters. The molecule has 3 heterocycles. The highest BCUT2D eigenvalue weighted by Gasteiger charge is 2.17. The Morgan fingerprint density at radius 3 is 2.43 bits per heavy atom. The fourth-order valence-electron chi connectivity index (χ4n) is 2.55. The van der Waals surface area contributed by atoms with E-state index in [0.717, 1.165) is 10.1 Å². The van der Waals surface area contributed by atoms with Crippen LogP contribution in [0.2, 0.25) is 0 Å². The van der Waals surface area contributed by atoms with Gasteiger partial charge in [-0.1, -0.05) is 30.3 Å². The Balaban J connectivity index is 2.11. The van der Waals surface area contributed by atoms with E-state index < -0.39 is 11.2 Å². The van der Waals surface area contributed by atoms with Crippen molar-refractivity contribution in [2.24, 2.45) is 14.1 Å². The van der Waals surface area contributed by atoms with Gasteiger partial charge in [0.25, 0.3) is 11.3 Å². The summed E-state index contributed by atoms with van der Waals surface area (Å²) < 4.78 is 3.71. The molecule has 8 heteroatoms. The molecule has 1 aromatic carbocycles. The molecule has 0 aliphatic carbocycles. The molecule has 4 rings (SSSR count). The van der Waals surface area contributed by atoms with Crippen molar-refractivity contribution in [3.8, 4) is 11.3 Å². The van der Waals surface area contributed by atoms with E-state index in [-0.39, 0.29) is 16.9 Å². The standard InChI is InChI=1S/C15H12N6O2/c1-19-12-11(13(22)20(2)15(19)23)21-14(18-12)17-10(8-16-21)9-6-4-3-5-7-9/h3-8H,1-2H3. The molecule has 0 fully saturated rings. The van der Waals surface area contributed by atoms with Gasteiger partial charge in [-0.15, -0.1) is 0 Å². The van der Waals surface area contributed by atoms with Crippen LogP contribution in [-0.4, -0.2) is 28.7 Å². The molecule has 0 bridgehead atoms. The van der Waals surface area contributed by atoms with E-state index in [9.17, 15) is 9.59 Å². The van der Waals surface area contributed by atoms with Gasteiger partial charge in [0.05, 0.1) is 11.9 Å². The lowest BCUT2D eigenvalue weighted by molar-refractivity contribution is 0.706. The summed E-state index contributed by atoms with van der Waals surface area (Å²) in [4.78, 5) is 33.1. The molecule has 4 aromatic rings. The first-order valence-corrected chi connectivity index (χ1v) is 6.95. The van der Waals surface area contributed by atoms with Crippen molar-refractivity contribution in [1.82, 2.24) is 28.7 Å². The first-order chi connectivity index (χ1) is 11.1. The van der Waals surface area contributed by atoms with Crippen molar-refractivity contribution >= 4 is 16.9 Å². The fraction of sp³-hybridized carbons (Fsp3) is 0.133. The Kier molecular flexibility index (Phi) is 2.68. The van der Waals surface area contributed by atoms with Crippen LogP contribution in [0, 0.1) is 0 Å². The van der Waals surface area contributed by atoms with Crippen LogP contribution in [0.1, 0.15) is 0 Å². The maximum absolute atomic E-state index is 12.4. The second kappa shape index (κ2) is 4.60. The Morgan fingerprint density at radius 1 is 0.957 bits per heavy atom. The summed E-state index contributed by atoms with van der Waals surface area (Å²) in [6.45, 7) is 0. The van der Waals surface area contributed by atoms with E-state index >= 15 is 0 Å². The van der Waals surface area contributed by atoms with Crippen molar-refractivity contribution in [2.75, 3.05) is 0 Å². The van der Waals surface area contributed by atoms with E-state index in [1.807, 2.05) is 30.3 Å². The second-order valence-electron chi connectivity index (χ2n) is 5.21. The molecule has 0 amide bonds. The number of hydrogen-bond acceptors (Lipinski definition) is 5. The molecule has 0 saturated heterocycles. The van der Waals surface area contributed by atoms with Gasteiger partial charge in [0.2, 0.25) is 0 Å². The number of hydrogen-bond donors (Lipinski definition) is 0. The maximum atomic E-state index is 12.4. The highest BCUT2D eigenvalue weighted by Crippen LogP contribution is 2.17. The van der Waals surface area contributed by atoms with Gasteiger partial charge < -0.3 is 0 Å². The van der Waals surface area contributed by atoms with E-state index in [4.69, 9.17) is 0 Å². The quantitative estimate of drug-likeness (QED) is 0.506. The SMILES string of the molecule is Cn1c(=O)c2c(nc3nc(-c4ccccc4)cnn32)n(C)c1=O. The van der Waals surface area contributed by atoms with Gasteiger partial charge in [-0.3, -0.25) is 13.9 Å². The molecule has 23 heavy (non-hydrogen) atoms. The number of benzene rings is 1. The predicted octanol–water partition coefficient (Wildman–Crippen LogP) is 0.342. The van der Waals surface area contributed by atoms with Gasteiger partial charge in [0.15, 0.2) is 11.2 Å². The summed E-state index contributed by atoms with van der Waals surface area (Å²) in [7, 11) is 2.99. The Bertz CT molecular complexity index is 1170. The molecule has 0 spiro atoms. The normalized spacial score (nSPS) is 11.4. The minimum absolute atomic E-state index is 0.233. The molecule has 0 aliphatic heterocycles. The van der Waals surface area contributed by atoms with Crippen LogP contribution < -0.4 is 11.2 Å². The van der Waals surface area contributed by atoms with Crippen molar-refractivity contribution in [1.29, 1.82) is 0 Å². The molecule has 0 aliphatic rings. The van der Waals surface area contributed by atoms with Crippen LogP contribution in [-0.2, 0) is 14.1 Å². The zero-order valence-corrected chi connectivity index (χ0v) is 12.5. The van der Waals surface area contributed by atoms with Crippen LogP contribution in [0.25, 0.3) is 28.2 Å². The molecule has 3 aromatic heterocycles. The van der Waals surface area contributed by atoms with Gasteiger partial charge in [-0.2, -0.15) is 14.6 Å². The summed E-state index contributed by atoms with van der Waals surface area (Å²) >= 11 is 0. The zero-order chi connectivity index (χ0) is 16.1. The van der Waals surface area contributed by atoms with Gasteiger partial charge >= 0.3 is 5.69 Å². The van der Waals surface area contributed by atoms with E-state index in [1.165, 1.54) is 16.1 Å². The van der Waals surface area contributed by atoms with Crippen molar-refractivity contribution in [3.05, 3.63) is 57.4 Å². The molecule has 0 unspecified atom stereocenters. The van der Waals surface area contributed by atoms with E-state index in [0.29, 0.717) is 5.69 Å². The van der Waals surface area contributed by atoms with Gasteiger partial charge in [0, 0.05) is 19.7 Å². The number of fused-ring (bicyclic) bond motifs is 3. The lowest BCUT2D eigenvalue weighted by atomic mass is 10.2. The minimum atomic E-state index is -0.447. The summed E-state index contributed by atoms with van der Waals surface area (Å²) in [6.07, 6.45) is 1.58. The highest BCUT2D eigenvalue weighted by atomic mass is 16.2. The number of nitrogens with zero attached hydrogens (tertiary/aromatic N) is 6. The lowest BCUT2D eigenvalue weighted by Gasteiger charge is -2.02. The third-order valence-corrected chi connectivity index (χ3v) is 3.80. The van der Waals surface area contributed by atoms with Crippen LogP contribution in [0.4, 0.5) is 0 Å². The first kappa shape index (κ1) is 13.4. The van der Waals surface area contributed by atoms with Crippen molar-refractivity contribution in [2.45, 2.75) is 0 Å². The molecule has 0 N–H and O–H groups in total. The number of aryl methyl sites for hydroxylation is 1. The minimum Gasteiger partial charge on any atom is -0.279 e. The number of imidazole rings is 1. The van der Waals surface area contributed by atoms with E-state index in [1.54, 1.807) is 13.2 Å². The molecule has 0 saturated carbocycles. The summed E-state index contributed by atoms with van der Waals surface area (Å²) in [5, 5.41) is 4.28. The Labute approximate surface area is 129 Å². The lowest BCUT2D eigenvalue weighted by Crippen LogP contribution is -2.37. The second-order valence-corrected chi connectivity index (χ2v) is 5.21. The zero-order valence-electron chi connectivity index (χ0n) is 12.5. The van der Waals surface area contributed by atoms with Crippen LogP contribution in [0.3, 0.4) is 0 Å². The average molecular weight is 308 g/mol. The van der Waals surface area contributed by atoms with E-state index in [2.05, 4.69) is 15.1 Å². The van der Waals surface area contributed by atoms with Crippen molar-refractivity contribution in [3.63, 3.8) is 0 Å². The highest BCUT2D eigenvalue weighted by molar-refractivity contribution is 5.75. The summed E-state index contributed by atoms with van der Waals surface area (Å²) in [5.41, 5.74) is 1.16. The third kappa shape index (κ3) is 1.81. The monoisotopic (exact) mass is 308 g/mol. The average Bonchev–Trinajstić information content (AvgIpc) is 2.97. The molecule has 0 radical (unpaired) electrons. The number of rotatable bonds is 1.